The van der Waals surface area contributed by atoms with Gasteiger partial charge in [-0.3, -0.25) is 0 Å². The van der Waals surface area contributed by atoms with Crippen LogP contribution in [0, 0.1) is 5.92 Å². The minimum Gasteiger partial charge on any atom is -0.396 e. The third-order valence-corrected chi connectivity index (χ3v) is 2.53. The van der Waals surface area contributed by atoms with Crippen LogP contribution in [0.5, 0.6) is 0 Å². The van der Waals surface area contributed by atoms with Gasteiger partial charge in [-0.2, -0.15) is 0 Å². The van der Waals surface area contributed by atoms with Crippen LogP contribution in [-0.2, 0) is 0 Å². The van der Waals surface area contributed by atoms with E-state index in [2.05, 4.69) is 19.1 Å². The Labute approximate surface area is 87.7 Å². The van der Waals surface area contributed by atoms with Crippen molar-refractivity contribution >= 4 is 0 Å². The van der Waals surface area contributed by atoms with E-state index in [0.717, 1.165) is 32.1 Å². The van der Waals surface area contributed by atoms with Crippen molar-refractivity contribution in [3.63, 3.8) is 0 Å². The smallest absolute Gasteiger partial charge is 0.0540 e. The summed E-state index contributed by atoms with van der Waals surface area (Å²) in [6.07, 6.45) is 9.33. The van der Waals surface area contributed by atoms with Crippen molar-refractivity contribution in [3.8, 4) is 0 Å². The molecule has 0 amide bonds. The number of aliphatic hydroxyl groups is 2. The van der Waals surface area contributed by atoms with Crippen LogP contribution in [-0.4, -0.2) is 22.9 Å². The fourth-order valence-electron chi connectivity index (χ4n) is 1.18. The van der Waals surface area contributed by atoms with Gasteiger partial charge < -0.3 is 10.2 Å². The van der Waals surface area contributed by atoms with Crippen molar-refractivity contribution < 1.29 is 10.2 Å². The van der Waals surface area contributed by atoms with Gasteiger partial charge in [-0.15, -0.1) is 0 Å². The number of rotatable bonds is 8. The van der Waals surface area contributed by atoms with Gasteiger partial charge in [-0.05, 0) is 38.5 Å². The Bertz CT molecular complexity index is 141. The summed E-state index contributed by atoms with van der Waals surface area (Å²) in [5, 5.41) is 17.8. The molecule has 0 heterocycles. The van der Waals surface area contributed by atoms with Crippen LogP contribution in [0.15, 0.2) is 12.2 Å². The predicted octanol–water partition coefficient (Wildman–Crippen LogP) is 2.50. The maximum absolute atomic E-state index is 9.23. The number of hydrogen-bond donors (Lipinski definition) is 2. The van der Waals surface area contributed by atoms with Gasteiger partial charge in [0, 0.05) is 6.61 Å². The summed E-state index contributed by atoms with van der Waals surface area (Å²) in [6.45, 7) is 4.20. The molecule has 0 saturated carbocycles. The molecule has 2 unspecified atom stereocenters. The third kappa shape index (κ3) is 8.27. The molecule has 0 rings (SSSR count). The summed E-state index contributed by atoms with van der Waals surface area (Å²) in [6, 6.07) is 0. The summed E-state index contributed by atoms with van der Waals surface area (Å²) >= 11 is 0. The van der Waals surface area contributed by atoms with Gasteiger partial charge in [-0.1, -0.05) is 25.5 Å². The molecule has 0 saturated heterocycles. The molecule has 0 aromatic carbocycles. The zero-order chi connectivity index (χ0) is 10.8. The molecule has 0 aliphatic carbocycles. The summed E-state index contributed by atoms with van der Waals surface area (Å²) < 4.78 is 0. The SMILES string of the molecule is CC(O)C(C)CC=CCCCCCO. The van der Waals surface area contributed by atoms with Gasteiger partial charge in [0.25, 0.3) is 0 Å². The largest absolute Gasteiger partial charge is 0.396 e. The fraction of sp³-hybridized carbons (Fsp3) is 0.833. The van der Waals surface area contributed by atoms with E-state index in [1.54, 1.807) is 0 Å². The van der Waals surface area contributed by atoms with Gasteiger partial charge in [0.15, 0.2) is 0 Å². The second kappa shape index (κ2) is 9.22. The van der Waals surface area contributed by atoms with Crippen molar-refractivity contribution in [2.24, 2.45) is 5.92 Å². The highest BCUT2D eigenvalue weighted by atomic mass is 16.3. The van der Waals surface area contributed by atoms with E-state index in [1.807, 2.05) is 6.92 Å². The molecule has 0 aromatic rings. The molecule has 2 atom stereocenters. The first-order valence-corrected chi connectivity index (χ1v) is 5.62. The summed E-state index contributed by atoms with van der Waals surface area (Å²) in [5.74, 6) is 0.351. The molecule has 0 aliphatic heterocycles. The molecule has 84 valence electrons. The van der Waals surface area contributed by atoms with E-state index >= 15 is 0 Å². The minimum atomic E-state index is -0.214. The molecule has 14 heavy (non-hydrogen) atoms. The monoisotopic (exact) mass is 200 g/mol. The summed E-state index contributed by atoms with van der Waals surface area (Å²) in [7, 11) is 0. The lowest BCUT2D eigenvalue weighted by Gasteiger charge is -2.10. The van der Waals surface area contributed by atoms with E-state index in [1.165, 1.54) is 0 Å². The van der Waals surface area contributed by atoms with Crippen LogP contribution in [0.25, 0.3) is 0 Å². The molecular formula is C12H24O2. The highest BCUT2D eigenvalue weighted by Crippen LogP contribution is 2.09. The lowest BCUT2D eigenvalue weighted by atomic mass is 10.0. The van der Waals surface area contributed by atoms with Crippen molar-refractivity contribution in [2.45, 2.75) is 52.1 Å². The summed E-state index contributed by atoms with van der Waals surface area (Å²) in [5.41, 5.74) is 0. The Morgan fingerprint density at radius 2 is 1.79 bits per heavy atom. The number of hydrogen-bond acceptors (Lipinski definition) is 2. The molecule has 2 nitrogen and oxygen atoms in total. The molecule has 2 N–H and O–H groups in total. The van der Waals surface area contributed by atoms with E-state index in [0.29, 0.717) is 12.5 Å². The van der Waals surface area contributed by atoms with Crippen molar-refractivity contribution in [3.05, 3.63) is 12.2 Å². The highest BCUT2D eigenvalue weighted by Gasteiger charge is 2.04. The Morgan fingerprint density at radius 1 is 1.07 bits per heavy atom. The van der Waals surface area contributed by atoms with Gasteiger partial charge in [-0.25, -0.2) is 0 Å². The van der Waals surface area contributed by atoms with E-state index in [9.17, 15) is 5.11 Å². The normalized spacial score (nSPS) is 16.0. The Balaban J connectivity index is 3.27. The van der Waals surface area contributed by atoms with Crippen molar-refractivity contribution in [1.82, 2.24) is 0 Å². The zero-order valence-corrected chi connectivity index (χ0v) is 9.45. The molecule has 0 aliphatic rings. The fourth-order valence-corrected chi connectivity index (χ4v) is 1.18. The van der Waals surface area contributed by atoms with Gasteiger partial charge in [0.05, 0.1) is 6.10 Å². The Hall–Kier alpha value is -0.340. The van der Waals surface area contributed by atoms with Crippen LogP contribution < -0.4 is 0 Å². The first-order chi connectivity index (χ1) is 6.68. The minimum absolute atomic E-state index is 0.214. The molecule has 0 fully saturated rings. The first kappa shape index (κ1) is 13.7. The van der Waals surface area contributed by atoms with Gasteiger partial charge >= 0.3 is 0 Å². The third-order valence-electron chi connectivity index (χ3n) is 2.53. The average molecular weight is 200 g/mol. The van der Waals surface area contributed by atoms with Crippen LogP contribution >= 0.6 is 0 Å². The van der Waals surface area contributed by atoms with Crippen LogP contribution in [0.4, 0.5) is 0 Å². The topological polar surface area (TPSA) is 40.5 Å². The second-order valence-electron chi connectivity index (χ2n) is 4.00. The van der Waals surface area contributed by atoms with Crippen LogP contribution in [0.2, 0.25) is 0 Å². The maximum Gasteiger partial charge on any atom is 0.0540 e. The van der Waals surface area contributed by atoms with E-state index in [-0.39, 0.29) is 6.10 Å². The lowest BCUT2D eigenvalue weighted by Crippen LogP contribution is -2.11. The maximum atomic E-state index is 9.23. The Kier molecular flexibility index (Phi) is 9.00. The standard InChI is InChI=1S/C12H24O2/c1-11(12(2)14)9-7-5-3-4-6-8-10-13/h5,7,11-14H,3-4,6,8-10H2,1-2H3. The molecule has 0 aromatic heterocycles. The zero-order valence-electron chi connectivity index (χ0n) is 9.45. The average Bonchev–Trinajstić information content (AvgIpc) is 2.16. The lowest BCUT2D eigenvalue weighted by molar-refractivity contribution is 0.136. The van der Waals surface area contributed by atoms with Crippen molar-refractivity contribution in [2.75, 3.05) is 6.61 Å². The molecule has 2 heteroatoms. The van der Waals surface area contributed by atoms with Gasteiger partial charge in [0.1, 0.15) is 0 Å². The molecule has 0 spiro atoms. The van der Waals surface area contributed by atoms with Crippen molar-refractivity contribution in [1.29, 1.82) is 0 Å². The van der Waals surface area contributed by atoms with Crippen LogP contribution in [0.1, 0.15) is 46.0 Å². The number of aliphatic hydroxyl groups excluding tert-OH is 2. The van der Waals surface area contributed by atoms with E-state index < -0.39 is 0 Å². The molecular weight excluding hydrogens is 176 g/mol. The quantitative estimate of drug-likeness (QED) is 0.467. The first-order valence-electron chi connectivity index (χ1n) is 5.62. The number of unbranched alkanes of at least 4 members (excludes halogenated alkanes) is 3. The second-order valence-corrected chi connectivity index (χ2v) is 4.00. The predicted molar refractivity (Wildman–Crippen MR) is 60.2 cm³/mol. The molecule has 0 radical (unpaired) electrons. The highest BCUT2D eigenvalue weighted by molar-refractivity contribution is 4.84. The summed E-state index contributed by atoms with van der Waals surface area (Å²) in [4.78, 5) is 0. The Morgan fingerprint density at radius 3 is 2.36 bits per heavy atom. The molecule has 0 bridgehead atoms. The van der Waals surface area contributed by atoms with Gasteiger partial charge in [0.2, 0.25) is 0 Å². The van der Waals surface area contributed by atoms with Crippen LogP contribution in [0.3, 0.4) is 0 Å². The number of allylic oxidation sites excluding steroid dienone is 2. The van der Waals surface area contributed by atoms with E-state index in [4.69, 9.17) is 5.11 Å².